The Morgan fingerprint density at radius 1 is 1.29 bits per heavy atom. The van der Waals surface area contributed by atoms with Crippen LogP contribution in [0.25, 0.3) is 5.69 Å². The predicted octanol–water partition coefficient (Wildman–Crippen LogP) is 1.95. The first-order valence-electron chi connectivity index (χ1n) is 7.14. The molecule has 1 fully saturated rings. The van der Waals surface area contributed by atoms with Crippen LogP contribution in [-0.4, -0.2) is 34.1 Å². The molecule has 110 valence electrons. The van der Waals surface area contributed by atoms with Crippen molar-refractivity contribution in [2.75, 3.05) is 7.11 Å². The summed E-state index contributed by atoms with van der Waals surface area (Å²) in [6.45, 7) is 0. The second kappa shape index (κ2) is 5.95. The third-order valence-electron chi connectivity index (χ3n) is 3.78. The lowest BCUT2D eigenvalue weighted by Gasteiger charge is -2.16. The van der Waals surface area contributed by atoms with Crippen molar-refractivity contribution >= 4 is 5.91 Å². The fraction of sp³-hybridized carbons (Fsp3) is 0.400. The largest absolute Gasteiger partial charge is 0.496 e. The molecule has 6 nitrogen and oxygen atoms in total. The Labute approximate surface area is 123 Å². The molecule has 1 amide bonds. The molecule has 0 aliphatic heterocycles. The highest BCUT2D eigenvalue weighted by atomic mass is 16.5. The summed E-state index contributed by atoms with van der Waals surface area (Å²) in [6, 6.07) is 5.66. The van der Waals surface area contributed by atoms with Crippen LogP contribution in [0.15, 0.2) is 30.6 Å². The molecule has 1 aromatic heterocycles. The van der Waals surface area contributed by atoms with Crippen molar-refractivity contribution in [2.24, 2.45) is 0 Å². The number of carbonyl (C=O) groups is 1. The standard InChI is InChI=1S/C15H18N4O2/c1-21-13-8-4-7-12(19-16-9-10-17-19)14(13)15(20)18-11-5-2-3-6-11/h4,7-11H,2-3,5-6H2,1H3,(H,18,20). The number of aromatic nitrogens is 3. The van der Waals surface area contributed by atoms with Crippen LogP contribution in [0.1, 0.15) is 36.0 Å². The monoisotopic (exact) mass is 286 g/mol. The number of nitrogens with zero attached hydrogens (tertiary/aromatic N) is 3. The summed E-state index contributed by atoms with van der Waals surface area (Å²) in [5.41, 5.74) is 1.10. The zero-order chi connectivity index (χ0) is 14.7. The van der Waals surface area contributed by atoms with Gasteiger partial charge in [-0.3, -0.25) is 4.79 Å². The van der Waals surface area contributed by atoms with E-state index >= 15 is 0 Å². The maximum Gasteiger partial charge on any atom is 0.257 e. The van der Waals surface area contributed by atoms with Gasteiger partial charge in [-0.05, 0) is 25.0 Å². The summed E-state index contributed by atoms with van der Waals surface area (Å²) in [4.78, 5) is 14.1. The normalized spacial score (nSPS) is 15.1. The molecule has 1 aliphatic carbocycles. The molecule has 0 atom stereocenters. The van der Waals surface area contributed by atoms with Crippen molar-refractivity contribution in [2.45, 2.75) is 31.7 Å². The van der Waals surface area contributed by atoms with Gasteiger partial charge in [0.1, 0.15) is 17.0 Å². The molecule has 1 N–H and O–H groups in total. The maximum atomic E-state index is 12.6. The maximum absolute atomic E-state index is 12.6. The summed E-state index contributed by atoms with van der Waals surface area (Å²) in [5, 5.41) is 11.3. The van der Waals surface area contributed by atoms with E-state index in [1.54, 1.807) is 25.6 Å². The van der Waals surface area contributed by atoms with E-state index in [4.69, 9.17) is 4.74 Å². The molecule has 0 spiro atoms. The highest BCUT2D eigenvalue weighted by Crippen LogP contribution is 2.26. The first-order valence-corrected chi connectivity index (χ1v) is 7.14. The third-order valence-corrected chi connectivity index (χ3v) is 3.78. The number of hydrogen-bond donors (Lipinski definition) is 1. The molecule has 1 saturated carbocycles. The van der Waals surface area contributed by atoms with Crippen molar-refractivity contribution in [3.63, 3.8) is 0 Å². The topological polar surface area (TPSA) is 69.0 Å². The molecule has 1 aliphatic rings. The third kappa shape index (κ3) is 2.74. The number of carbonyl (C=O) groups excluding carboxylic acids is 1. The summed E-state index contributed by atoms with van der Waals surface area (Å²) in [7, 11) is 1.56. The first kappa shape index (κ1) is 13.6. The molecular formula is C15H18N4O2. The number of methoxy groups -OCH3 is 1. The van der Waals surface area contributed by atoms with E-state index < -0.39 is 0 Å². The van der Waals surface area contributed by atoms with Crippen molar-refractivity contribution in [1.29, 1.82) is 0 Å². The van der Waals surface area contributed by atoms with Crippen molar-refractivity contribution < 1.29 is 9.53 Å². The van der Waals surface area contributed by atoms with Crippen molar-refractivity contribution in [3.8, 4) is 11.4 Å². The molecular weight excluding hydrogens is 268 g/mol. The van der Waals surface area contributed by atoms with E-state index in [1.807, 2.05) is 12.1 Å². The van der Waals surface area contributed by atoms with Crippen LogP contribution in [0.2, 0.25) is 0 Å². The zero-order valence-corrected chi connectivity index (χ0v) is 12.0. The van der Waals surface area contributed by atoms with Crippen LogP contribution in [-0.2, 0) is 0 Å². The fourth-order valence-electron chi connectivity index (χ4n) is 2.75. The Kier molecular flexibility index (Phi) is 3.85. The number of benzene rings is 1. The van der Waals surface area contributed by atoms with E-state index in [0.29, 0.717) is 17.0 Å². The lowest BCUT2D eigenvalue weighted by Crippen LogP contribution is -2.33. The highest BCUT2D eigenvalue weighted by Gasteiger charge is 2.23. The van der Waals surface area contributed by atoms with E-state index in [0.717, 1.165) is 12.8 Å². The summed E-state index contributed by atoms with van der Waals surface area (Å²) in [5.74, 6) is 0.395. The lowest BCUT2D eigenvalue weighted by molar-refractivity contribution is 0.0934. The summed E-state index contributed by atoms with van der Waals surface area (Å²) >= 11 is 0. The van der Waals surface area contributed by atoms with Gasteiger partial charge >= 0.3 is 0 Å². The van der Waals surface area contributed by atoms with Gasteiger partial charge in [0.05, 0.1) is 19.5 Å². The molecule has 0 radical (unpaired) electrons. The Morgan fingerprint density at radius 3 is 2.67 bits per heavy atom. The quantitative estimate of drug-likeness (QED) is 0.932. The Morgan fingerprint density at radius 2 is 2.00 bits per heavy atom. The van der Waals surface area contributed by atoms with Crippen LogP contribution in [0, 0.1) is 0 Å². The molecule has 6 heteroatoms. The van der Waals surface area contributed by atoms with E-state index in [9.17, 15) is 4.79 Å². The van der Waals surface area contributed by atoms with Gasteiger partial charge in [-0.25, -0.2) is 0 Å². The summed E-state index contributed by atoms with van der Waals surface area (Å²) in [6.07, 6.45) is 7.58. The van der Waals surface area contributed by atoms with Gasteiger partial charge in [-0.2, -0.15) is 15.0 Å². The molecule has 2 aromatic rings. The van der Waals surface area contributed by atoms with Gasteiger partial charge in [0, 0.05) is 6.04 Å². The number of nitrogens with one attached hydrogen (secondary N) is 1. The number of ether oxygens (including phenoxy) is 1. The summed E-state index contributed by atoms with van der Waals surface area (Å²) < 4.78 is 5.34. The Bertz CT molecular complexity index is 619. The van der Waals surface area contributed by atoms with Gasteiger partial charge in [0.25, 0.3) is 5.91 Å². The average molecular weight is 286 g/mol. The Hall–Kier alpha value is -2.37. The van der Waals surface area contributed by atoms with Gasteiger partial charge in [0.2, 0.25) is 0 Å². The minimum atomic E-state index is -0.133. The van der Waals surface area contributed by atoms with Crippen LogP contribution >= 0.6 is 0 Å². The van der Waals surface area contributed by atoms with Crippen molar-refractivity contribution in [1.82, 2.24) is 20.3 Å². The predicted molar refractivity (Wildman–Crippen MR) is 77.6 cm³/mol. The van der Waals surface area contributed by atoms with Crippen LogP contribution in [0.4, 0.5) is 0 Å². The smallest absolute Gasteiger partial charge is 0.257 e. The molecule has 0 bridgehead atoms. The Balaban J connectivity index is 1.96. The first-order chi connectivity index (χ1) is 10.3. The molecule has 1 aromatic carbocycles. The van der Waals surface area contributed by atoms with E-state index in [-0.39, 0.29) is 11.9 Å². The molecule has 3 rings (SSSR count). The molecule has 0 saturated heterocycles. The molecule has 21 heavy (non-hydrogen) atoms. The van der Waals surface area contributed by atoms with Gasteiger partial charge in [-0.15, -0.1) is 0 Å². The minimum Gasteiger partial charge on any atom is -0.496 e. The number of hydrogen-bond acceptors (Lipinski definition) is 4. The SMILES string of the molecule is COc1cccc(-n2nccn2)c1C(=O)NC1CCCC1. The number of rotatable bonds is 4. The van der Waals surface area contributed by atoms with Gasteiger partial charge in [0.15, 0.2) is 0 Å². The molecule has 0 unspecified atom stereocenters. The highest BCUT2D eigenvalue weighted by molar-refractivity contribution is 6.00. The van der Waals surface area contributed by atoms with E-state index in [1.165, 1.54) is 17.6 Å². The van der Waals surface area contributed by atoms with Crippen LogP contribution < -0.4 is 10.1 Å². The van der Waals surface area contributed by atoms with Crippen molar-refractivity contribution in [3.05, 3.63) is 36.2 Å². The van der Waals surface area contributed by atoms with Crippen LogP contribution in [0.3, 0.4) is 0 Å². The van der Waals surface area contributed by atoms with Crippen LogP contribution in [0.5, 0.6) is 5.75 Å². The fourth-order valence-corrected chi connectivity index (χ4v) is 2.75. The average Bonchev–Trinajstić information content (AvgIpc) is 3.19. The van der Waals surface area contributed by atoms with Gasteiger partial charge < -0.3 is 10.1 Å². The number of amides is 1. The van der Waals surface area contributed by atoms with Gasteiger partial charge in [-0.1, -0.05) is 18.9 Å². The van der Waals surface area contributed by atoms with E-state index in [2.05, 4.69) is 15.5 Å². The zero-order valence-electron chi connectivity index (χ0n) is 12.0. The minimum absolute atomic E-state index is 0.133. The lowest BCUT2D eigenvalue weighted by atomic mass is 10.1. The second-order valence-corrected chi connectivity index (χ2v) is 5.13. The second-order valence-electron chi connectivity index (χ2n) is 5.13. The molecule has 1 heterocycles.